The maximum Gasteiger partial charge on any atom is 0.238 e. The van der Waals surface area contributed by atoms with Crippen LogP contribution in [0.5, 0.6) is 0 Å². The van der Waals surface area contributed by atoms with Gasteiger partial charge in [0.1, 0.15) is 5.54 Å². The van der Waals surface area contributed by atoms with Gasteiger partial charge in [0.25, 0.3) is 0 Å². The Kier molecular flexibility index (Phi) is 5.90. The number of primary amides is 1. The molecule has 2 unspecified atom stereocenters. The lowest BCUT2D eigenvalue weighted by Crippen LogP contribution is -2.57. The van der Waals surface area contributed by atoms with Crippen molar-refractivity contribution in [3.05, 3.63) is 23.4 Å². The van der Waals surface area contributed by atoms with Gasteiger partial charge in [-0.15, -0.1) is 11.8 Å². The molecule has 2 atom stereocenters. The minimum Gasteiger partial charge on any atom is -0.368 e. The minimum absolute atomic E-state index is 0.207. The van der Waals surface area contributed by atoms with Crippen molar-refractivity contribution < 1.29 is 4.79 Å². The van der Waals surface area contributed by atoms with Crippen molar-refractivity contribution in [3.63, 3.8) is 0 Å². The van der Waals surface area contributed by atoms with Crippen molar-refractivity contribution in [3.8, 4) is 0 Å². The third-order valence-corrected chi connectivity index (χ3v) is 5.37. The first-order valence-electron chi connectivity index (χ1n) is 7.38. The highest BCUT2D eigenvalue weighted by atomic mass is 35.5. The molecule has 1 aliphatic carbocycles. The Morgan fingerprint density at radius 3 is 3.05 bits per heavy atom. The average molecular weight is 328 g/mol. The van der Waals surface area contributed by atoms with Crippen LogP contribution in [0, 0.1) is 5.92 Å². The lowest BCUT2D eigenvalue weighted by molar-refractivity contribution is -0.125. The van der Waals surface area contributed by atoms with Gasteiger partial charge in [0.15, 0.2) is 0 Å². The van der Waals surface area contributed by atoms with E-state index in [1.807, 2.05) is 19.1 Å². The van der Waals surface area contributed by atoms with Gasteiger partial charge in [0, 0.05) is 6.20 Å². The minimum atomic E-state index is -0.511. The number of halogens is 1. The molecule has 1 aromatic rings. The highest BCUT2D eigenvalue weighted by molar-refractivity contribution is 7.99. The van der Waals surface area contributed by atoms with Gasteiger partial charge >= 0.3 is 0 Å². The molecule has 116 valence electrons. The van der Waals surface area contributed by atoms with E-state index in [1.54, 1.807) is 18.0 Å². The highest BCUT2D eigenvalue weighted by Gasteiger charge is 2.46. The number of rotatable bonds is 7. The monoisotopic (exact) mass is 327 g/mol. The fourth-order valence-corrected chi connectivity index (χ4v) is 4.20. The summed E-state index contributed by atoms with van der Waals surface area (Å²) in [7, 11) is 0. The summed E-state index contributed by atoms with van der Waals surface area (Å²) in [4.78, 5) is 16.2. The molecule has 1 aliphatic rings. The summed E-state index contributed by atoms with van der Waals surface area (Å²) in [6.45, 7) is 2.79. The third-order valence-electron chi connectivity index (χ3n) is 4.17. The normalized spacial score (nSPS) is 25.1. The molecule has 2 rings (SSSR count). The molecule has 0 saturated heterocycles. The Bertz CT molecular complexity index is 482. The first-order valence-corrected chi connectivity index (χ1v) is 8.74. The first-order chi connectivity index (χ1) is 10.1. The van der Waals surface area contributed by atoms with Gasteiger partial charge in [-0.05, 0) is 49.6 Å². The largest absolute Gasteiger partial charge is 0.368 e. The van der Waals surface area contributed by atoms with Gasteiger partial charge in [-0.25, -0.2) is 4.98 Å². The molecular weight excluding hydrogens is 306 g/mol. The summed E-state index contributed by atoms with van der Waals surface area (Å²) in [5.74, 6) is 1.04. The van der Waals surface area contributed by atoms with Crippen LogP contribution < -0.4 is 11.1 Å². The number of pyridine rings is 1. The molecule has 0 aliphatic heterocycles. The van der Waals surface area contributed by atoms with E-state index in [1.165, 1.54) is 0 Å². The summed E-state index contributed by atoms with van der Waals surface area (Å²) in [5.41, 5.74) is 5.16. The maximum atomic E-state index is 11.9. The molecule has 4 nitrogen and oxygen atoms in total. The molecule has 1 fully saturated rings. The van der Waals surface area contributed by atoms with E-state index in [0.717, 1.165) is 43.0 Å². The Hall–Kier alpha value is -0.780. The Labute approximate surface area is 135 Å². The number of nitrogens with zero attached hydrogens (tertiary/aromatic N) is 1. The lowest BCUT2D eigenvalue weighted by atomic mass is 9.84. The molecule has 21 heavy (non-hydrogen) atoms. The predicted molar refractivity (Wildman–Crippen MR) is 87.5 cm³/mol. The zero-order chi connectivity index (χ0) is 15.3. The molecule has 0 spiro atoms. The SMILES string of the molecule is CCNC1(C(N)=O)CCCC1CCSc1ccc(Cl)cn1. The van der Waals surface area contributed by atoms with Crippen molar-refractivity contribution >= 4 is 29.3 Å². The van der Waals surface area contributed by atoms with Crippen LogP contribution in [0.25, 0.3) is 0 Å². The second-order valence-electron chi connectivity index (χ2n) is 5.41. The van der Waals surface area contributed by atoms with E-state index in [-0.39, 0.29) is 5.91 Å². The number of thioether (sulfide) groups is 1. The van der Waals surface area contributed by atoms with Crippen LogP contribution in [0.1, 0.15) is 32.6 Å². The fourth-order valence-electron chi connectivity index (χ4n) is 3.18. The van der Waals surface area contributed by atoms with Gasteiger partial charge < -0.3 is 11.1 Å². The summed E-state index contributed by atoms with van der Waals surface area (Å²) in [5, 5.41) is 4.96. The standard InChI is InChI=1S/C15H22ClN3OS/c1-2-19-15(14(17)20)8-3-4-11(15)7-9-21-13-6-5-12(16)10-18-13/h5-6,10-11,19H,2-4,7-9H2,1H3,(H2,17,20). The fraction of sp³-hybridized carbons (Fsp3) is 0.600. The first kappa shape index (κ1) is 16.6. The van der Waals surface area contributed by atoms with Gasteiger partial charge in [0.2, 0.25) is 5.91 Å². The molecule has 1 aromatic heterocycles. The topological polar surface area (TPSA) is 68.0 Å². The smallest absolute Gasteiger partial charge is 0.238 e. The van der Waals surface area contributed by atoms with E-state index in [2.05, 4.69) is 10.3 Å². The molecule has 6 heteroatoms. The Balaban J connectivity index is 1.92. The van der Waals surface area contributed by atoms with Gasteiger partial charge in [0.05, 0.1) is 10.0 Å². The van der Waals surface area contributed by atoms with Gasteiger partial charge in [-0.1, -0.05) is 24.9 Å². The number of nitrogens with two attached hydrogens (primary N) is 1. The number of hydrogen-bond acceptors (Lipinski definition) is 4. The number of aromatic nitrogens is 1. The van der Waals surface area contributed by atoms with Gasteiger partial charge in [-0.3, -0.25) is 4.79 Å². The Morgan fingerprint density at radius 1 is 1.62 bits per heavy atom. The second kappa shape index (κ2) is 7.47. The molecular formula is C15H22ClN3OS. The maximum absolute atomic E-state index is 11.9. The third kappa shape index (κ3) is 3.90. The Morgan fingerprint density at radius 2 is 2.43 bits per heavy atom. The number of hydrogen-bond donors (Lipinski definition) is 2. The van der Waals surface area contributed by atoms with E-state index >= 15 is 0 Å². The van der Waals surface area contributed by atoms with Crippen LogP contribution in [-0.4, -0.2) is 28.7 Å². The summed E-state index contributed by atoms with van der Waals surface area (Å²) < 4.78 is 0. The molecule has 3 N–H and O–H groups in total. The number of carbonyl (C=O) groups is 1. The highest BCUT2D eigenvalue weighted by Crippen LogP contribution is 2.39. The van der Waals surface area contributed by atoms with Crippen LogP contribution in [0.3, 0.4) is 0 Å². The van der Waals surface area contributed by atoms with Crippen LogP contribution in [0.15, 0.2) is 23.4 Å². The number of carbonyl (C=O) groups excluding carboxylic acids is 1. The number of nitrogens with one attached hydrogen (secondary N) is 1. The average Bonchev–Trinajstić information content (AvgIpc) is 2.86. The predicted octanol–water partition coefficient (Wildman–Crippen LogP) is 2.85. The quantitative estimate of drug-likeness (QED) is 0.756. The summed E-state index contributed by atoms with van der Waals surface area (Å²) in [6, 6.07) is 3.77. The second-order valence-corrected chi connectivity index (χ2v) is 6.96. The van der Waals surface area contributed by atoms with E-state index in [0.29, 0.717) is 10.9 Å². The summed E-state index contributed by atoms with van der Waals surface area (Å²) in [6.07, 6.45) is 5.59. The molecule has 0 radical (unpaired) electrons. The molecule has 1 heterocycles. The van der Waals surface area contributed by atoms with Crippen molar-refractivity contribution in [2.24, 2.45) is 11.7 Å². The van der Waals surface area contributed by atoms with Crippen molar-refractivity contribution in [1.82, 2.24) is 10.3 Å². The van der Waals surface area contributed by atoms with Gasteiger partial charge in [-0.2, -0.15) is 0 Å². The van der Waals surface area contributed by atoms with Crippen LogP contribution in [0.4, 0.5) is 0 Å². The van der Waals surface area contributed by atoms with Crippen LogP contribution >= 0.6 is 23.4 Å². The zero-order valence-corrected chi connectivity index (χ0v) is 13.8. The number of amides is 1. The van der Waals surface area contributed by atoms with Crippen molar-refractivity contribution in [1.29, 1.82) is 0 Å². The van der Waals surface area contributed by atoms with E-state index < -0.39 is 5.54 Å². The van der Waals surface area contributed by atoms with E-state index in [9.17, 15) is 4.79 Å². The van der Waals surface area contributed by atoms with Crippen LogP contribution in [0.2, 0.25) is 5.02 Å². The number of likely N-dealkylation sites (N-methyl/N-ethyl adjacent to an activating group) is 1. The molecule has 0 bridgehead atoms. The molecule has 1 amide bonds. The molecule has 0 aromatic carbocycles. The lowest BCUT2D eigenvalue weighted by Gasteiger charge is -2.33. The zero-order valence-electron chi connectivity index (χ0n) is 12.3. The van der Waals surface area contributed by atoms with Crippen molar-refractivity contribution in [2.45, 2.75) is 43.2 Å². The van der Waals surface area contributed by atoms with Crippen LogP contribution in [-0.2, 0) is 4.79 Å². The molecule has 1 saturated carbocycles. The van der Waals surface area contributed by atoms with Crippen molar-refractivity contribution in [2.75, 3.05) is 12.3 Å². The summed E-state index contributed by atoms with van der Waals surface area (Å²) >= 11 is 7.52. The van der Waals surface area contributed by atoms with E-state index in [4.69, 9.17) is 17.3 Å².